The van der Waals surface area contributed by atoms with Crippen LogP contribution in [0.3, 0.4) is 0 Å². The van der Waals surface area contributed by atoms with E-state index >= 15 is 0 Å². The molecule has 0 aliphatic heterocycles. The van der Waals surface area contributed by atoms with Crippen LogP contribution < -0.4 is 5.56 Å². The van der Waals surface area contributed by atoms with Gasteiger partial charge in [-0.05, 0) is 30.7 Å². The number of hydrogen-bond acceptors (Lipinski definition) is 2. The summed E-state index contributed by atoms with van der Waals surface area (Å²) in [5.74, 6) is -1.24. The highest BCUT2D eigenvalue weighted by molar-refractivity contribution is 6.30. The van der Waals surface area contributed by atoms with Crippen molar-refractivity contribution in [3.63, 3.8) is 0 Å². The van der Waals surface area contributed by atoms with Crippen LogP contribution in [-0.4, -0.2) is 14.5 Å². The van der Waals surface area contributed by atoms with E-state index in [1.807, 2.05) is 0 Å². The standard InChI is InChI=1S/C15H11ClF3N3O/c1-8-5-11-12(20-8)21-14(15(17,18)19)22(13(11)23)7-9-3-2-4-10(16)6-9/h2-6,20H,7H2,1H3. The predicted octanol–water partition coefficient (Wildman–Crippen LogP) is 3.75. The van der Waals surface area contributed by atoms with Gasteiger partial charge in [0.1, 0.15) is 5.65 Å². The highest BCUT2D eigenvalue weighted by Crippen LogP contribution is 2.28. The summed E-state index contributed by atoms with van der Waals surface area (Å²) >= 11 is 5.85. The van der Waals surface area contributed by atoms with Gasteiger partial charge < -0.3 is 4.98 Å². The zero-order chi connectivity index (χ0) is 16.8. The second-order valence-corrected chi connectivity index (χ2v) is 5.61. The first-order valence-electron chi connectivity index (χ1n) is 6.67. The van der Waals surface area contributed by atoms with E-state index in [1.165, 1.54) is 12.1 Å². The molecule has 23 heavy (non-hydrogen) atoms. The van der Waals surface area contributed by atoms with Gasteiger partial charge in [0.05, 0.1) is 11.9 Å². The minimum absolute atomic E-state index is 0.0674. The van der Waals surface area contributed by atoms with Gasteiger partial charge in [-0.25, -0.2) is 4.98 Å². The number of nitrogens with zero attached hydrogens (tertiary/aromatic N) is 2. The zero-order valence-corrected chi connectivity index (χ0v) is 12.7. The molecule has 0 saturated heterocycles. The lowest BCUT2D eigenvalue weighted by atomic mass is 10.2. The third-order valence-corrected chi connectivity index (χ3v) is 3.60. The molecular weight excluding hydrogens is 331 g/mol. The van der Waals surface area contributed by atoms with Crippen molar-refractivity contribution < 1.29 is 13.2 Å². The Morgan fingerprint density at radius 1 is 1.30 bits per heavy atom. The Hall–Kier alpha value is -2.28. The summed E-state index contributed by atoms with van der Waals surface area (Å²) in [6.07, 6.45) is -4.75. The van der Waals surface area contributed by atoms with Crippen molar-refractivity contribution in [3.8, 4) is 0 Å². The van der Waals surface area contributed by atoms with Crippen LogP contribution in [0.5, 0.6) is 0 Å². The number of fused-ring (bicyclic) bond motifs is 1. The molecule has 1 aromatic carbocycles. The average Bonchev–Trinajstić information content (AvgIpc) is 2.82. The molecule has 3 aromatic rings. The average molecular weight is 342 g/mol. The van der Waals surface area contributed by atoms with Gasteiger partial charge in [0, 0.05) is 10.7 Å². The van der Waals surface area contributed by atoms with Crippen molar-refractivity contribution in [2.45, 2.75) is 19.6 Å². The van der Waals surface area contributed by atoms with Crippen LogP contribution in [0.1, 0.15) is 17.1 Å². The number of alkyl halides is 3. The second kappa shape index (κ2) is 5.42. The zero-order valence-electron chi connectivity index (χ0n) is 11.9. The van der Waals surface area contributed by atoms with E-state index in [0.717, 1.165) is 0 Å². The molecular formula is C15H11ClF3N3O. The van der Waals surface area contributed by atoms with Crippen molar-refractivity contribution in [3.05, 3.63) is 62.8 Å². The van der Waals surface area contributed by atoms with Crippen molar-refractivity contribution in [1.82, 2.24) is 14.5 Å². The monoisotopic (exact) mass is 341 g/mol. The molecule has 120 valence electrons. The fourth-order valence-electron chi connectivity index (χ4n) is 2.42. The van der Waals surface area contributed by atoms with Gasteiger partial charge in [0.15, 0.2) is 0 Å². The first-order valence-corrected chi connectivity index (χ1v) is 7.05. The number of hydrogen-bond donors (Lipinski definition) is 1. The maximum atomic E-state index is 13.3. The first kappa shape index (κ1) is 15.6. The van der Waals surface area contributed by atoms with Crippen molar-refractivity contribution >= 4 is 22.6 Å². The summed E-state index contributed by atoms with van der Waals surface area (Å²) in [7, 11) is 0. The molecule has 2 aromatic heterocycles. The molecule has 3 rings (SSSR count). The fraction of sp³-hybridized carbons (Fsp3) is 0.200. The maximum Gasteiger partial charge on any atom is 0.449 e. The molecule has 0 amide bonds. The van der Waals surface area contributed by atoms with Gasteiger partial charge in [0.25, 0.3) is 5.56 Å². The fourth-order valence-corrected chi connectivity index (χ4v) is 2.63. The third kappa shape index (κ3) is 2.96. The van der Waals surface area contributed by atoms with E-state index in [2.05, 4.69) is 9.97 Å². The topological polar surface area (TPSA) is 50.7 Å². The number of aromatic amines is 1. The number of rotatable bonds is 2. The van der Waals surface area contributed by atoms with Crippen LogP contribution in [-0.2, 0) is 12.7 Å². The largest absolute Gasteiger partial charge is 0.449 e. The summed E-state index contributed by atoms with van der Waals surface area (Å²) in [6.45, 7) is 1.39. The smallest absolute Gasteiger partial charge is 0.343 e. The molecule has 0 fully saturated rings. The van der Waals surface area contributed by atoms with Crippen LogP contribution >= 0.6 is 11.6 Å². The quantitative estimate of drug-likeness (QED) is 0.771. The molecule has 8 heteroatoms. The second-order valence-electron chi connectivity index (χ2n) is 5.17. The number of halogens is 4. The van der Waals surface area contributed by atoms with Gasteiger partial charge in [-0.15, -0.1) is 0 Å². The third-order valence-electron chi connectivity index (χ3n) is 3.36. The van der Waals surface area contributed by atoms with E-state index < -0.39 is 17.6 Å². The van der Waals surface area contributed by atoms with Gasteiger partial charge in [0.2, 0.25) is 5.82 Å². The Kier molecular flexibility index (Phi) is 3.68. The summed E-state index contributed by atoms with van der Waals surface area (Å²) in [4.78, 5) is 18.7. The normalized spacial score (nSPS) is 12.0. The molecule has 1 N–H and O–H groups in total. The number of nitrogens with one attached hydrogen (secondary N) is 1. The van der Waals surface area contributed by atoms with Crippen molar-refractivity contribution in [1.29, 1.82) is 0 Å². The highest BCUT2D eigenvalue weighted by Gasteiger charge is 2.37. The lowest BCUT2D eigenvalue weighted by molar-refractivity contribution is -0.147. The molecule has 0 unspecified atom stereocenters. The van der Waals surface area contributed by atoms with Gasteiger partial charge >= 0.3 is 6.18 Å². The maximum absolute atomic E-state index is 13.3. The number of H-pyrrole nitrogens is 1. The molecule has 0 aliphatic carbocycles. The lowest BCUT2D eigenvalue weighted by Gasteiger charge is -2.14. The van der Waals surface area contributed by atoms with E-state index in [4.69, 9.17) is 11.6 Å². The number of benzene rings is 1. The predicted molar refractivity (Wildman–Crippen MR) is 80.6 cm³/mol. The van der Waals surface area contributed by atoms with E-state index in [0.29, 0.717) is 20.8 Å². The molecule has 4 nitrogen and oxygen atoms in total. The van der Waals surface area contributed by atoms with Crippen LogP contribution in [0.15, 0.2) is 35.1 Å². The molecule has 2 heterocycles. The molecule has 0 atom stereocenters. The number of aromatic nitrogens is 3. The highest BCUT2D eigenvalue weighted by atomic mass is 35.5. The SMILES string of the molecule is Cc1cc2c(=O)n(Cc3cccc(Cl)c3)c(C(F)(F)F)nc2[nH]1. The number of aryl methyl sites for hydroxylation is 1. The molecule has 0 aliphatic rings. The van der Waals surface area contributed by atoms with E-state index in [-0.39, 0.29) is 17.6 Å². The summed E-state index contributed by atoms with van der Waals surface area (Å²) in [5, 5.41) is 0.508. The van der Waals surface area contributed by atoms with E-state index in [9.17, 15) is 18.0 Å². The Balaban J connectivity index is 2.24. The van der Waals surface area contributed by atoms with Crippen LogP contribution in [0.25, 0.3) is 11.0 Å². The summed E-state index contributed by atoms with van der Waals surface area (Å²) < 4.78 is 40.5. The minimum atomic E-state index is -4.75. The van der Waals surface area contributed by atoms with Crippen LogP contribution in [0.2, 0.25) is 5.02 Å². The van der Waals surface area contributed by atoms with Crippen LogP contribution in [0, 0.1) is 6.92 Å². The Labute approximate surface area is 133 Å². The van der Waals surface area contributed by atoms with Crippen LogP contribution in [0.4, 0.5) is 13.2 Å². The Bertz CT molecular complexity index is 943. The van der Waals surface area contributed by atoms with E-state index in [1.54, 1.807) is 25.1 Å². The Morgan fingerprint density at radius 3 is 2.70 bits per heavy atom. The van der Waals surface area contributed by atoms with Gasteiger partial charge in [-0.1, -0.05) is 23.7 Å². The first-order chi connectivity index (χ1) is 10.8. The molecule has 0 bridgehead atoms. The summed E-state index contributed by atoms with van der Waals surface area (Å²) in [5.41, 5.74) is 0.241. The van der Waals surface area contributed by atoms with Crippen molar-refractivity contribution in [2.75, 3.05) is 0 Å². The van der Waals surface area contributed by atoms with Gasteiger partial charge in [-0.2, -0.15) is 13.2 Å². The lowest BCUT2D eigenvalue weighted by Crippen LogP contribution is -2.30. The summed E-state index contributed by atoms with van der Waals surface area (Å²) in [6, 6.07) is 7.82. The van der Waals surface area contributed by atoms with Gasteiger partial charge in [-0.3, -0.25) is 9.36 Å². The Morgan fingerprint density at radius 2 is 2.04 bits per heavy atom. The molecule has 0 spiro atoms. The molecule has 0 radical (unpaired) electrons. The molecule has 0 saturated carbocycles. The minimum Gasteiger partial charge on any atom is -0.343 e. The van der Waals surface area contributed by atoms with Crippen molar-refractivity contribution in [2.24, 2.45) is 0 Å².